The highest BCUT2D eigenvalue weighted by Gasteiger charge is 2.44. The highest BCUT2D eigenvalue weighted by Crippen LogP contribution is 2.38. The third-order valence-corrected chi connectivity index (χ3v) is 6.58. The second kappa shape index (κ2) is 10.2. The van der Waals surface area contributed by atoms with E-state index in [-0.39, 0.29) is 18.6 Å². The zero-order chi connectivity index (χ0) is 26.9. The number of aliphatic hydroxyl groups excluding tert-OH is 1. The maximum Gasteiger partial charge on any atom is 0.258 e. The minimum absolute atomic E-state index is 0.0572. The van der Waals surface area contributed by atoms with Crippen molar-refractivity contribution in [2.75, 3.05) is 23.8 Å². The lowest BCUT2D eigenvalue weighted by Crippen LogP contribution is -2.39. The number of pyridine rings is 1. The molecule has 0 fully saturated rings. The predicted octanol–water partition coefficient (Wildman–Crippen LogP) is 4.22. The summed E-state index contributed by atoms with van der Waals surface area (Å²) in [4.78, 5) is 28.3. The third kappa shape index (κ3) is 4.68. The van der Waals surface area contributed by atoms with E-state index in [1.807, 2.05) is 56.0 Å². The molecule has 11 heteroatoms. The summed E-state index contributed by atoms with van der Waals surface area (Å²) in [6.07, 6.45) is 4.03. The first-order chi connectivity index (χ1) is 18.3. The first-order valence-electron chi connectivity index (χ1n) is 12.5. The Balaban J connectivity index is 1.48. The number of carbonyl (C=O) groups is 1. The Kier molecular flexibility index (Phi) is 6.77. The normalized spacial score (nSPS) is 14.9. The summed E-state index contributed by atoms with van der Waals surface area (Å²) in [5.74, 6) is 1.46. The van der Waals surface area contributed by atoms with Crippen LogP contribution in [0.5, 0.6) is 0 Å². The molecule has 1 atom stereocenters. The number of hydrogen-bond donors (Lipinski definition) is 3. The average Bonchev–Trinajstić information content (AvgIpc) is 3.43. The van der Waals surface area contributed by atoms with E-state index < -0.39 is 5.54 Å². The van der Waals surface area contributed by atoms with Crippen LogP contribution in [0, 0.1) is 6.92 Å². The van der Waals surface area contributed by atoms with Crippen LogP contribution in [0.3, 0.4) is 0 Å². The highest BCUT2D eigenvalue weighted by molar-refractivity contribution is 5.99. The van der Waals surface area contributed by atoms with Gasteiger partial charge in [-0.25, -0.2) is 15.0 Å². The summed E-state index contributed by atoms with van der Waals surface area (Å²) >= 11 is 0. The van der Waals surface area contributed by atoms with Crippen LogP contribution in [0.25, 0.3) is 11.5 Å². The molecule has 5 rings (SSSR count). The van der Waals surface area contributed by atoms with Crippen molar-refractivity contribution < 1.29 is 14.3 Å². The summed E-state index contributed by atoms with van der Waals surface area (Å²) in [7, 11) is 0. The largest absolute Gasteiger partial charge is 0.421 e. The molecule has 0 unspecified atom stereocenters. The van der Waals surface area contributed by atoms with Gasteiger partial charge in [0.05, 0.1) is 40.7 Å². The predicted molar refractivity (Wildman–Crippen MR) is 142 cm³/mol. The van der Waals surface area contributed by atoms with Crippen molar-refractivity contribution in [2.24, 2.45) is 0 Å². The van der Waals surface area contributed by atoms with Crippen LogP contribution in [-0.4, -0.2) is 54.2 Å². The molecule has 11 nitrogen and oxygen atoms in total. The van der Waals surface area contributed by atoms with Gasteiger partial charge in [-0.15, -0.1) is 10.2 Å². The Morgan fingerprint density at radius 1 is 1.11 bits per heavy atom. The van der Waals surface area contributed by atoms with Gasteiger partial charge in [0.15, 0.2) is 0 Å². The number of aryl methyl sites for hydroxylation is 1. The second-order valence-electron chi connectivity index (χ2n) is 9.63. The Hall–Kier alpha value is -4.38. The molecular weight excluding hydrogens is 484 g/mol. The van der Waals surface area contributed by atoms with Crippen LogP contribution in [0.15, 0.2) is 53.2 Å². The molecule has 3 aromatic heterocycles. The van der Waals surface area contributed by atoms with Gasteiger partial charge in [0.2, 0.25) is 11.8 Å². The van der Waals surface area contributed by atoms with Crippen molar-refractivity contribution in [3.63, 3.8) is 0 Å². The van der Waals surface area contributed by atoms with Crippen molar-refractivity contribution in [2.45, 2.75) is 45.7 Å². The number of amides is 1. The number of fused-ring (bicyclic) bond motifs is 1. The summed E-state index contributed by atoms with van der Waals surface area (Å²) in [5.41, 5.74) is 2.77. The molecule has 0 aliphatic carbocycles. The van der Waals surface area contributed by atoms with Gasteiger partial charge in [-0.3, -0.25) is 4.79 Å². The van der Waals surface area contributed by atoms with Crippen LogP contribution in [0.4, 0.5) is 17.5 Å². The van der Waals surface area contributed by atoms with Gasteiger partial charge in [0.1, 0.15) is 5.82 Å². The maximum absolute atomic E-state index is 12.9. The minimum Gasteiger partial charge on any atom is -0.421 e. The summed E-state index contributed by atoms with van der Waals surface area (Å²) < 4.78 is 5.66. The standard InChI is InChI=1S/C27H30N8O3/c1-5-11-35-25(37)19-14-29-26(32-23(19)27(35,3)4)31-22-12-20(18(13-28-22)24-34-33-16(2)38-24)30-21(15-36)17-9-7-6-8-10-17/h6-10,12-14,21,36H,5,11,15H2,1-4H3,(H2,28,29,30,31,32)/t21-/m1/s1. The summed E-state index contributed by atoms with van der Waals surface area (Å²) in [6.45, 7) is 8.24. The Morgan fingerprint density at radius 2 is 1.87 bits per heavy atom. The van der Waals surface area contributed by atoms with Crippen LogP contribution in [0.1, 0.15) is 60.7 Å². The molecule has 0 saturated carbocycles. The van der Waals surface area contributed by atoms with E-state index in [2.05, 4.69) is 30.8 Å². The fourth-order valence-corrected chi connectivity index (χ4v) is 4.64. The molecule has 0 spiro atoms. The first kappa shape index (κ1) is 25.3. The molecule has 0 bridgehead atoms. The van der Waals surface area contributed by atoms with Gasteiger partial charge in [-0.05, 0) is 25.8 Å². The number of nitrogens with zero attached hydrogens (tertiary/aromatic N) is 6. The van der Waals surface area contributed by atoms with Gasteiger partial charge < -0.3 is 25.1 Å². The fourth-order valence-electron chi connectivity index (χ4n) is 4.64. The molecule has 0 radical (unpaired) electrons. The zero-order valence-electron chi connectivity index (χ0n) is 21.8. The molecule has 1 aliphatic rings. The molecule has 1 amide bonds. The number of nitrogens with one attached hydrogen (secondary N) is 2. The van der Waals surface area contributed by atoms with Crippen molar-refractivity contribution in [1.82, 2.24) is 30.0 Å². The Labute approximate surface area is 220 Å². The van der Waals surface area contributed by atoms with Crippen LogP contribution in [0.2, 0.25) is 0 Å². The zero-order valence-corrected chi connectivity index (χ0v) is 21.8. The van der Waals surface area contributed by atoms with E-state index in [0.29, 0.717) is 52.6 Å². The van der Waals surface area contributed by atoms with Gasteiger partial charge in [-0.2, -0.15) is 0 Å². The molecule has 196 valence electrons. The summed E-state index contributed by atoms with van der Waals surface area (Å²) in [5, 5.41) is 24.7. The fraction of sp³-hybridized carbons (Fsp3) is 0.333. The van der Waals surface area contributed by atoms with Gasteiger partial charge >= 0.3 is 0 Å². The number of anilines is 3. The Bertz CT molecular complexity index is 1450. The SMILES string of the molecule is CCCN1C(=O)c2cnc(Nc3cc(N[C@H](CO)c4ccccc4)c(-c4nnc(C)o4)cn3)nc2C1(C)C. The molecule has 38 heavy (non-hydrogen) atoms. The van der Waals surface area contributed by atoms with Gasteiger partial charge in [0, 0.05) is 31.9 Å². The summed E-state index contributed by atoms with van der Waals surface area (Å²) in [6, 6.07) is 11.0. The number of benzene rings is 1. The Morgan fingerprint density at radius 3 is 2.55 bits per heavy atom. The van der Waals surface area contributed by atoms with Crippen LogP contribution >= 0.6 is 0 Å². The van der Waals surface area contributed by atoms with Crippen molar-refractivity contribution >= 4 is 23.4 Å². The molecule has 4 aromatic rings. The molecule has 1 aromatic carbocycles. The molecule has 4 heterocycles. The molecule has 3 N–H and O–H groups in total. The molecular formula is C27H30N8O3. The minimum atomic E-state index is -0.550. The van der Waals surface area contributed by atoms with Crippen molar-refractivity contribution in [3.8, 4) is 11.5 Å². The molecule has 1 aliphatic heterocycles. The van der Waals surface area contributed by atoms with E-state index in [0.717, 1.165) is 12.0 Å². The third-order valence-electron chi connectivity index (χ3n) is 6.58. The van der Waals surface area contributed by atoms with Gasteiger partial charge in [-0.1, -0.05) is 37.3 Å². The highest BCUT2D eigenvalue weighted by atomic mass is 16.4. The van der Waals surface area contributed by atoms with E-state index in [1.165, 1.54) is 0 Å². The van der Waals surface area contributed by atoms with Gasteiger partial charge in [0.25, 0.3) is 11.8 Å². The monoisotopic (exact) mass is 514 g/mol. The smallest absolute Gasteiger partial charge is 0.258 e. The van der Waals surface area contributed by atoms with Crippen molar-refractivity contribution in [3.05, 3.63) is 71.5 Å². The topological polar surface area (TPSA) is 142 Å². The van der Waals surface area contributed by atoms with E-state index in [4.69, 9.17) is 9.40 Å². The van der Waals surface area contributed by atoms with E-state index in [1.54, 1.807) is 25.4 Å². The lowest BCUT2D eigenvalue weighted by Gasteiger charge is -2.31. The first-order valence-corrected chi connectivity index (χ1v) is 12.5. The van der Waals surface area contributed by atoms with Crippen LogP contribution < -0.4 is 10.6 Å². The average molecular weight is 515 g/mol. The molecule has 0 saturated heterocycles. The number of hydrogen-bond acceptors (Lipinski definition) is 10. The number of rotatable bonds is 9. The maximum atomic E-state index is 12.9. The van der Waals surface area contributed by atoms with Crippen molar-refractivity contribution in [1.29, 1.82) is 0 Å². The van der Waals surface area contributed by atoms with Crippen LogP contribution in [-0.2, 0) is 5.54 Å². The second-order valence-corrected chi connectivity index (χ2v) is 9.63. The van der Waals surface area contributed by atoms with E-state index in [9.17, 15) is 9.90 Å². The lowest BCUT2D eigenvalue weighted by molar-refractivity contribution is 0.0615. The quantitative estimate of drug-likeness (QED) is 0.297. The number of aromatic nitrogens is 5. The number of carbonyl (C=O) groups excluding carboxylic acids is 1. The van der Waals surface area contributed by atoms with E-state index >= 15 is 0 Å². The lowest BCUT2D eigenvalue weighted by atomic mass is 10.0. The number of aliphatic hydroxyl groups is 1.